The molecule has 0 aliphatic heterocycles. The monoisotopic (exact) mass is 379 g/mol. The summed E-state index contributed by atoms with van der Waals surface area (Å²) in [7, 11) is 0. The Labute approximate surface area is 160 Å². The van der Waals surface area contributed by atoms with Gasteiger partial charge in [0.15, 0.2) is 0 Å². The first kappa shape index (κ1) is 17.8. The number of tetrazole rings is 1. The average Bonchev–Trinajstić information content (AvgIpc) is 3.36. The Morgan fingerprint density at radius 3 is 2.64 bits per heavy atom. The molecule has 0 radical (unpaired) electrons. The van der Waals surface area contributed by atoms with Gasteiger partial charge in [-0.1, -0.05) is 28.0 Å². The van der Waals surface area contributed by atoms with E-state index in [4.69, 9.17) is 4.52 Å². The lowest BCUT2D eigenvalue weighted by Gasteiger charge is -2.06. The summed E-state index contributed by atoms with van der Waals surface area (Å²) in [5.41, 5.74) is 2.77. The van der Waals surface area contributed by atoms with Crippen LogP contribution in [0.5, 0.6) is 0 Å². The van der Waals surface area contributed by atoms with Gasteiger partial charge in [-0.3, -0.25) is 0 Å². The first-order chi connectivity index (χ1) is 13.7. The van der Waals surface area contributed by atoms with Crippen LogP contribution in [0.4, 0.5) is 10.3 Å². The fourth-order valence-corrected chi connectivity index (χ4v) is 2.67. The molecule has 8 nitrogen and oxygen atoms in total. The molecule has 1 N–H and O–H groups in total. The molecule has 0 aliphatic rings. The van der Waals surface area contributed by atoms with Crippen LogP contribution >= 0.6 is 0 Å². The van der Waals surface area contributed by atoms with E-state index in [2.05, 4.69) is 31.0 Å². The summed E-state index contributed by atoms with van der Waals surface area (Å²) in [6, 6.07) is 13.9. The van der Waals surface area contributed by atoms with Gasteiger partial charge in [0.1, 0.15) is 5.82 Å². The molecule has 0 fully saturated rings. The Kier molecular flexibility index (Phi) is 5.05. The van der Waals surface area contributed by atoms with E-state index >= 15 is 0 Å². The number of nitrogens with one attached hydrogen (secondary N) is 1. The summed E-state index contributed by atoms with van der Waals surface area (Å²) in [5, 5.41) is 18.9. The summed E-state index contributed by atoms with van der Waals surface area (Å²) in [6.07, 6.45) is 1.36. The molecule has 4 rings (SSSR count). The van der Waals surface area contributed by atoms with E-state index < -0.39 is 0 Å². The Balaban J connectivity index is 1.32. The third-order valence-electron chi connectivity index (χ3n) is 4.17. The summed E-state index contributed by atoms with van der Waals surface area (Å²) >= 11 is 0. The lowest BCUT2D eigenvalue weighted by atomic mass is 10.2. The molecule has 28 heavy (non-hydrogen) atoms. The third kappa shape index (κ3) is 4.03. The highest BCUT2D eigenvalue weighted by Crippen LogP contribution is 2.17. The molecule has 0 saturated carbocycles. The third-order valence-corrected chi connectivity index (χ3v) is 4.17. The second-order valence-corrected chi connectivity index (χ2v) is 6.30. The summed E-state index contributed by atoms with van der Waals surface area (Å²) in [4.78, 5) is 4.34. The van der Waals surface area contributed by atoms with Crippen molar-refractivity contribution in [3.63, 3.8) is 0 Å². The second kappa shape index (κ2) is 7.95. The number of anilines is 1. The van der Waals surface area contributed by atoms with Gasteiger partial charge >= 0.3 is 0 Å². The maximum atomic E-state index is 13.0. The minimum Gasteiger partial charge on any atom is -0.353 e. The minimum absolute atomic E-state index is 0.300. The van der Waals surface area contributed by atoms with Crippen LogP contribution in [-0.2, 0) is 6.42 Å². The predicted molar refractivity (Wildman–Crippen MR) is 100 cm³/mol. The molecule has 142 valence electrons. The highest BCUT2D eigenvalue weighted by molar-refractivity contribution is 5.53. The van der Waals surface area contributed by atoms with Crippen LogP contribution in [0.1, 0.15) is 17.9 Å². The molecule has 0 bridgehead atoms. The standard InChI is InChI=1S/C19H18FN7O/c1-13-4-10-16(11-5-13)27-19(23-25-26-27)21-12-2-3-17-22-18(24-28-17)14-6-8-15(20)9-7-14/h4-11H,2-3,12H2,1H3,(H,21,23,26). The van der Waals surface area contributed by atoms with Gasteiger partial charge in [0.25, 0.3) is 0 Å². The molecule has 0 aliphatic carbocycles. The van der Waals surface area contributed by atoms with E-state index in [-0.39, 0.29) is 5.82 Å². The lowest BCUT2D eigenvalue weighted by Crippen LogP contribution is -2.09. The molecule has 0 saturated heterocycles. The number of halogens is 1. The average molecular weight is 379 g/mol. The number of rotatable bonds is 7. The smallest absolute Gasteiger partial charge is 0.247 e. The van der Waals surface area contributed by atoms with Gasteiger partial charge in [-0.2, -0.15) is 9.67 Å². The van der Waals surface area contributed by atoms with Crippen molar-refractivity contribution in [1.82, 2.24) is 30.3 Å². The van der Waals surface area contributed by atoms with Crippen molar-refractivity contribution < 1.29 is 8.91 Å². The summed E-state index contributed by atoms with van der Waals surface area (Å²) < 4.78 is 19.9. The first-order valence-corrected chi connectivity index (χ1v) is 8.87. The van der Waals surface area contributed by atoms with Gasteiger partial charge < -0.3 is 9.84 Å². The molecule has 4 aromatic rings. The highest BCUT2D eigenvalue weighted by atomic mass is 19.1. The van der Waals surface area contributed by atoms with Crippen molar-refractivity contribution in [2.45, 2.75) is 19.8 Å². The topological polar surface area (TPSA) is 94.6 Å². The molecule has 0 atom stereocenters. The quantitative estimate of drug-likeness (QED) is 0.493. The van der Waals surface area contributed by atoms with Crippen molar-refractivity contribution in [2.24, 2.45) is 0 Å². The summed E-state index contributed by atoms with van der Waals surface area (Å²) in [6.45, 7) is 2.67. The van der Waals surface area contributed by atoms with Gasteiger partial charge in [0.05, 0.1) is 5.69 Å². The highest BCUT2D eigenvalue weighted by Gasteiger charge is 2.10. The Hall–Kier alpha value is -3.62. The van der Waals surface area contributed by atoms with E-state index in [0.717, 1.165) is 12.1 Å². The zero-order chi connectivity index (χ0) is 19.3. The maximum Gasteiger partial charge on any atom is 0.247 e. The fourth-order valence-electron chi connectivity index (χ4n) is 2.67. The normalized spacial score (nSPS) is 10.9. The van der Waals surface area contributed by atoms with Crippen molar-refractivity contribution in [3.05, 3.63) is 65.8 Å². The van der Waals surface area contributed by atoms with Crippen LogP contribution in [0.2, 0.25) is 0 Å². The van der Waals surface area contributed by atoms with Gasteiger partial charge in [0.2, 0.25) is 17.7 Å². The number of aromatic nitrogens is 6. The van der Waals surface area contributed by atoms with Crippen LogP contribution < -0.4 is 5.32 Å². The maximum absolute atomic E-state index is 13.0. The second-order valence-electron chi connectivity index (χ2n) is 6.30. The molecule has 2 aromatic carbocycles. The Morgan fingerprint density at radius 2 is 1.86 bits per heavy atom. The molecule has 0 spiro atoms. The van der Waals surface area contributed by atoms with Crippen molar-refractivity contribution >= 4 is 5.95 Å². The molecule has 2 heterocycles. The van der Waals surface area contributed by atoms with Gasteiger partial charge in [-0.05, 0) is 60.2 Å². The van der Waals surface area contributed by atoms with Gasteiger partial charge in [0, 0.05) is 18.5 Å². The molecule has 0 unspecified atom stereocenters. The number of hydrogen-bond acceptors (Lipinski definition) is 7. The minimum atomic E-state index is -0.300. The van der Waals surface area contributed by atoms with Crippen LogP contribution in [0.25, 0.3) is 17.1 Å². The van der Waals surface area contributed by atoms with Crippen LogP contribution in [0, 0.1) is 12.7 Å². The first-order valence-electron chi connectivity index (χ1n) is 8.87. The molecular weight excluding hydrogens is 361 g/mol. The predicted octanol–water partition coefficient (Wildman–Crippen LogP) is 3.20. The number of aryl methyl sites for hydroxylation is 2. The van der Waals surface area contributed by atoms with Gasteiger partial charge in [-0.15, -0.1) is 0 Å². The fraction of sp³-hybridized carbons (Fsp3) is 0.211. The van der Waals surface area contributed by atoms with Crippen molar-refractivity contribution in [3.8, 4) is 17.1 Å². The number of nitrogens with zero attached hydrogens (tertiary/aromatic N) is 6. The Morgan fingerprint density at radius 1 is 1.07 bits per heavy atom. The van der Waals surface area contributed by atoms with Crippen LogP contribution in [0.3, 0.4) is 0 Å². The van der Waals surface area contributed by atoms with E-state index in [1.54, 1.807) is 16.8 Å². The van der Waals surface area contributed by atoms with Crippen LogP contribution in [-0.4, -0.2) is 36.9 Å². The summed E-state index contributed by atoms with van der Waals surface area (Å²) in [5.74, 6) is 1.25. The Bertz CT molecular complexity index is 1040. The number of benzene rings is 2. The SMILES string of the molecule is Cc1ccc(-n2nnnc2NCCCc2nc(-c3ccc(F)cc3)no2)cc1. The van der Waals surface area contributed by atoms with Gasteiger partial charge in [-0.25, -0.2) is 4.39 Å². The molecule has 9 heteroatoms. The lowest BCUT2D eigenvalue weighted by molar-refractivity contribution is 0.377. The van der Waals surface area contributed by atoms with Crippen molar-refractivity contribution in [1.29, 1.82) is 0 Å². The van der Waals surface area contributed by atoms with E-state index in [1.165, 1.54) is 17.7 Å². The van der Waals surface area contributed by atoms with Crippen molar-refractivity contribution in [2.75, 3.05) is 11.9 Å². The molecule has 0 amide bonds. The largest absolute Gasteiger partial charge is 0.353 e. The number of hydrogen-bond donors (Lipinski definition) is 1. The zero-order valence-electron chi connectivity index (χ0n) is 15.2. The van der Waals surface area contributed by atoms with E-state index in [1.807, 2.05) is 31.2 Å². The molecule has 2 aromatic heterocycles. The molecular formula is C19H18FN7O. The van der Waals surface area contributed by atoms with E-state index in [9.17, 15) is 4.39 Å². The zero-order valence-corrected chi connectivity index (χ0v) is 15.2. The van der Waals surface area contributed by atoms with Crippen LogP contribution in [0.15, 0.2) is 53.1 Å². The van der Waals surface area contributed by atoms with E-state index in [0.29, 0.717) is 36.2 Å².